The van der Waals surface area contributed by atoms with Crippen LogP contribution in [0.5, 0.6) is 5.75 Å². The van der Waals surface area contributed by atoms with Crippen molar-refractivity contribution in [2.24, 2.45) is 0 Å². The second-order valence-electron chi connectivity index (χ2n) is 6.63. The van der Waals surface area contributed by atoms with Crippen LogP contribution >= 0.6 is 0 Å². The van der Waals surface area contributed by atoms with Crippen LogP contribution in [-0.2, 0) is 4.79 Å². The molecular weight excluding hydrogens is 364 g/mol. The highest BCUT2D eigenvalue weighted by molar-refractivity contribution is 6.09. The van der Waals surface area contributed by atoms with Gasteiger partial charge in [-0.25, -0.2) is 0 Å². The van der Waals surface area contributed by atoms with Crippen LogP contribution in [-0.4, -0.2) is 23.5 Å². The lowest BCUT2D eigenvalue weighted by Gasteiger charge is -2.10. The van der Waals surface area contributed by atoms with Gasteiger partial charge < -0.3 is 9.84 Å². The number of aliphatic carboxylic acids is 1. The molecule has 1 atom stereocenters. The third-order valence-electron chi connectivity index (χ3n) is 4.61. The second kappa shape index (κ2) is 9.51. The van der Waals surface area contributed by atoms with Gasteiger partial charge in [0.25, 0.3) is 0 Å². The fourth-order valence-electron chi connectivity index (χ4n) is 2.91. The average molecular weight is 386 g/mol. The zero-order valence-electron chi connectivity index (χ0n) is 16.1. The number of ether oxygens (including phenoxy) is 1. The van der Waals surface area contributed by atoms with Crippen LogP contribution < -0.4 is 4.74 Å². The van der Waals surface area contributed by atoms with Crippen LogP contribution in [0.2, 0.25) is 0 Å². The van der Waals surface area contributed by atoms with E-state index in [4.69, 9.17) is 9.84 Å². The van der Waals surface area contributed by atoms with E-state index in [0.29, 0.717) is 23.3 Å². The Morgan fingerprint density at radius 2 is 1.59 bits per heavy atom. The first-order chi connectivity index (χ1) is 14.1. The van der Waals surface area contributed by atoms with Crippen LogP contribution in [0.4, 0.5) is 0 Å². The van der Waals surface area contributed by atoms with Gasteiger partial charge in [0.15, 0.2) is 5.78 Å². The van der Waals surface area contributed by atoms with Gasteiger partial charge in [-0.1, -0.05) is 72.8 Å². The number of para-hydroxylation sites is 1. The van der Waals surface area contributed by atoms with Crippen molar-refractivity contribution < 1.29 is 19.4 Å². The zero-order chi connectivity index (χ0) is 20.6. The van der Waals surface area contributed by atoms with Crippen molar-refractivity contribution in [3.8, 4) is 5.75 Å². The van der Waals surface area contributed by atoms with Crippen molar-refractivity contribution in [2.45, 2.75) is 12.8 Å². The molecule has 0 radical (unpaired) electrons. The van der Waals surface area contributed by atoms with E-state index in [0.717, 1.165) is 5.75 Å². The molecule has 0 saturated heterocycles. The topological polar surface area (TPSA) is 63.6 Å². The molecule has 4 nitrogen and oxygen atoms in total. The minimum absolute atomic E-state index is 0.0972. The maximum absolute atomic E-state index is 12.2. The molecule has 1 unspecified atom stereocenters. The normalized spacial score (nSPS) is 12.6. The molecule has 1 aliphatic heterocycles. The predicted octanol–water partition coefficient (Wildman–Crippen LogP) is 5.20. The number of hydrogen-bond acceptors (Lipinski definition) is 3. The summed E-state index contributed by atoms with van der Waals surface area (Å²) in [7, 11) is 0. The fraction of sp³-hybridized carbons (Fsp3) is 0.120. The molecule has 1 heterocycles. The molecular formula is C25H22O4. The van der Waals surface area contributed by atoms with Crippen molar-refractivity contribution in [1.82, 2.24) is 0 Å². The third-order valence-corrected chi connectivity index (χ3v) is 4.61. The first-order valence-electron chi connectivity index (χ1n) is 9.37. The van der Waals surface area contributed by atoms with Gasteiger partial charge in [-0.05, 0) is 30.7 Å². The molecule has 0 saturated carbocycles. The fourth-order valence-corrected chi connectivity index (χ4v) is 2.91. The molecule has 0 amide bonds. The Labute approximate surface area is 170 Å². The van der Waals surface area contributed by atoms with Gasteiger partial charge in [-0.3, -0.25) is 9.59 Å². The van der Waals surface area contributed by atoms with Crippen LogP contribution in [0.25, 0.3) is 6.08 Å². The summed E-state index contributed by atoms with van der Waals surface area (Å²) in [6.45, 7) is 2.31. The smallest absolute Gasteiger partial charge is 0.310 e. The molecule has 0 aromatic heterocycles. The molecule has 29 heavy (non-hydrogen) atoms. The van der Waals surface area contributed by atoms with E-state index < -0.39 is 11.9 Å². The number of ketones is 1. The molecule has 3 aromatic carbocycles. The Balaban J connectivity index is 0.000000200. The number of rotatable bonds is 4. The first kappa shape index (κ1) is 20.1. The highest BCUT2D eigenvalue weighted by atomic mass is 16.5. The Morgan fingerprint density at radius 1 is 0.897 bits per heavy atom. The van der Waals surface area contributed by atoms with Gasteiger partial charge in [0.05, 0.1) is 5.92 Å². The van der Waals surface area contributed by atoms with E-state index in [1.54, 1.807) is 55.5 Å². The Kier molecular flexibility index (Phi) is 6.59. The van der Waals surface area contributed by atoms with Crippen molar-refractivity contribution >= 4 is 17.8 Å². The Morgan fingerprint density at radius 3 is 2.31 bits per heavy atom. The molecule has 0 bridgehead atoms. The summed E-state index contributed by atoms with van der Waals surface area (Å²) in [5.74, 6) is -0.627. The molecule has 1 N–H and O–H groups in total. The lowest BCUT2D eigenvalue weighted by atomic mass is 9.96. The maximum Gasteiger partial charge on any atom is 0.310 e. The van der Waals surface area contributed by atoms with E-state index in [-0.39, 0.29) is 5.78 Å². The van der Waals surface area contributed by atoms with Crippen molar-refractivity contribution in [1.29, 1.82) is 0 Å². The number of benzene rings is 3. The summed E-state index contributed by atoms with van der Waals surface area (Å²) < 4.78 is 5.34. The van der Waals surface area contributed by atoms with Gasteiger partial charge in [-0.2, -0.15) is 0 Å². The summed E-state index contributed by atoms with van der Waals surface area (Å²) in [5, 5.41) is 9.00. The predicted molar refractivity (Wildman–Crippen MR) is 113 cm³/mol. The monoisotopic (exact) mass is 386 g/mol. The summed E-state index contributed by atoms with van der Waals surface area (Å²) in [6, 6.07) is 23.8. The van der Waals surface area contributed by atoms with Gasteiger partial charge in [0.2, 0.25) is 0 Å². The van der Waals surface area contributed by atoms with Crippen LogP contribution in [0.15, 0.2) is 84.9 Å². The van der Waals surface area contributed by atoms with Crippen molar-refractivity contribution in [3.63, 3.8) is 0 Å². The zero-order valence-corrected chi connectivity index (χ0v) is 16.1. The highest BCUT2D eigenvalue weighted by Gasteiger charge is 2.16. The molecule has 3 aromatic rings. The molecule has 0 aliphatic carbocycles. The number of carbonyl (C=O) groups is 2. The molecule has 146 valence electrons. The Bertz CT molecular complexity index is 1020. The summed E-state index contributed by atoms with van der Waals surface area (Å²) in [6.07, 6.45) is 4.10. The van der Waals surface area contributed by atoms with E-state index in [2.05, 4.69) is 6.08 Å². The Hall–Kier alpha value is -3.66. The number of hydrogen-bond donors (Lipinski definition) is 1. The van der Waals surface area contributed by atoms with Crippen molar-refractivity contribution in [2.75, 3.05) is 6.61 Å². The van der Waals surface area contributed by atoms with Crippen molar-refractivity contribution in [3.05, 3.63) is 107 Å². The summed E-state index contributed by atoms with van der Waals surface area (Å²) in [5.41, 5.74) is 2.92. The number of carbonyl (C=O) groups excluding carboxylic acids is 1. The molecule has 1 aliphatic rings. The average Bonchev–Trinajstić information content (AvgIpc) is 2.79. The quantitative estimate of drug-likeness (QED) is 0.626. The molecule has 4 rings (SSSR count). The highest BCUT2D eigenvalue weighted by Crippen LogP contribution is 2.22. The first-order valence-corrected chi connectivity index (χ1v) is 9.37. The van der Waals surface area contributed by atoms with E-state index >= 15 is 0 Å². The third kappa shape index (κ3) is 5.20. The lowest BCUT2D eigenvalue weighted by molar-refractivity contribution is -0.138. The standard InChI is InChI=1S/C16H14O3.C9H8O/c1-11(16(18)19)13-8-5-9-14(10-13)15(17)12-6-3-2-4-7-12;1-2-6-9-8(4-1)5-3-7-10-9/h2-11H,1H3,(H,18,19);1-6H,7H2. The van der Waals surface area contributed by atoms with Gasteiger partial charge in [0, 0.05) is 16.7 Å². The van der Waals surface area contributed by atoms with Gasteiger partial charge in [-0.15, -0.1) is 0 Å². The second-order valence-corrected chi connectivity index (χ2v) is 6.63. The molecule has 0 spiro atoms. The molecule has 4 heteroatoms. The SMILES string of the molecule is C1=Cc2ccccc2OC1.CC(C(=O)O)c1cccc(C(=O)c2ccccc2)c1. The summed E-state index contributed by atoms with van der Waals surface area (Å²) in [4.78, 5) is 23.2. The van der Waals surface area contributed by atoms with Crippen LogP contribution in [0.3, 0.4) is 0 Å². The van der Waals surface area contributed by atoms with Gasteiger partial charge in [0.1, 0.15) is 12.4 Å². The maximum atomic E-state index is 12.2. The van der Waals surface area contributed by atoms with E-state index in [1.165, 1.54) is 5.56 Å². The minimum Gasteiger partial charge on any atom is -0.489 e. The van der Waals surface area contributed by atoms with Gasteiger partial charge >= 0.3 is 5.97 Å². The summed E-state index contributed by atoms with van der Waals surface area (Å²) >= 11 is 0. The molecule has 0 fully saturated rings. The number of carboxylic acids is 1. The number of carboxylic acid groups (broad SMARTS) is 1. The largest absolute Gasteiger partial charge is 0.489 e. The minimum atomic E-state index is -0.899. The van der Waals surface area contributed by atoms with E-state index in [9.17, 15) is 9.59 Å². The van der Waals surface area contributed by atoms with Crippen LogP contribution in [0, 0.1) is 0 Å². The lowest BCUT2D eigenvalue weighted by Crippen LogP contribution is -2.09. The van der Waals surface area contributed by atoms with Crippen LogP contribution in [0.1, 0.15) is 39.9 Å². The van der Waals surface area contributed by atoms with E-state index in [1.807, 2.05) is 36.4 Å². The number of fused-ring (bicyclic) bond motifs is 1.